The smallest absolute Gasteiger partial charge is 0.410 e. The number of hydrogen-bond acceptors (Lipinski definition) is 5. The summed E-state index contributed by atoms with van der Waals surface area (Å²) in [6.07, 6.45) is 1.91. The van der Waals surface area contributed by atoms with Gasteiger partial charge in [-0.1, -0.05) is 12.1 Å². The van der Waals surface area contributed by atoms with Gasteiger partial charge in [0.05, 0.1) is 6.26 Å². The van der Waals surface area contributed by atoms with Gasteiger partial charge in [0, 0.05) is 18.8 Å². The van der Waals surface area contributed by atoms with E-state index >= 15 is 0 Å². The Balaban J connectivity index is 1.97. The Morgan fingerprint density at radius 2 is 2.00 bits per heavy atom. The van der Waals surface area contributed by atoms with Crippen molar-refractivity contribution in [1.82, 2.24) is 10.2 Å². The average Bonchev–Trinajstić information content (AvgIpc) is 2.99. The summed E-state index contributed by atoms with van der Waals surface area (Å²) in [6.45, 7) is 6.08. The summed E-state index contributed by atoms with van der Waals surface area (Å²) in [6, 6.07) is 6.22. The number of nitrogens with one attached hydrogen (secondary N) is 2. The molecule has 0 saturated carbocycles. The first-order valence-electron chi connectivity index (χ1n) is 8.79. The highest BCUT2D eigenvalue weighted by Gasteiger charge is 2.36. The van der Waals surface area contributed by atoms with Gasteiger partial charge in [-0.05, 0) is 51.3 Å². The molecule has 1 fully saturated rings. The highest BCUT2D eigenvalue weighted by Crippen LogP contribution is 2.21. The number of anilines is 1. The normalized spacial score (nSPS) is 17.5. The van der Waals surface area contributed by atoms with Gasteiger partial charge in [0.1, 0.15) is 11.6 Å². The fourth-order valence-corrected chi connectivity index (χ4v) is 3.40. The summed E-state index contributed by atoms with van der Waals surface area (Å²) >= 11 is 0. The van der Waals surface area contributed by atoms with Gasteiger partial charge in [-0.2, -0.15) is 0 Å². The Bertz CT molecular complexity index is 801. The van der Waals surface area contributed by atoms with Crippen LogP contribution in [0.1, 0.15) is 39.2 Å². The number of ether oxygens (including phenoxy) is 1. The van der Waals surface area contributed by atoms with E-state index in [0.29, 0.717) is 18.7 Å². The third-order valence-corrected chi connectivity index (χ3v) is 4.49. The van der Waals surface area contributed by atoms with E-state index in [2.05, 4.69) is 10.0 Å². The predicted octanol–water partition coefficient (Wildman–Crippen LogP) is 2.07. The molecule has 2 rings (SSSR count). The molecule has 1 aromatic rings. The number of likely N-dealkylation sites (tertiary alicyclic amines) is 1. The lowest BCUT2D eigenvalue weighted by atomic mass is 10.1. The zero-order valence-corrected chi connectivity index (χ0v) is 16.9. The van der Waals surface area contributed by atoms with Crippen LogP contribution in [0.25, 0.3) is 0 Å². The molecule has 0 spiro atoms. The first kappa shape index (κ1) is 21.0. The highest BCUT2D eigenvalue weighted by molar-refractivity contribution is 7.92. The molecule has 150 valence electrons. The van der Waals surface area contributed by atoms with E-state index in [9.17, 15) is 18.0 Å². The minimum absolute atomic E-state index is 0.233. The van der Waals surface area contributed by atoms with Crippen molar-refractivity contribution in [3.8, 4) is 0 Å². The van der Waals surface area contributed by atoms with Crippen molar-refractivity contribution < 1.29 is 22.7 Å². The lowest BCUT2D eigenvalue weighted by molar-refractivity contribution is -0.125. The minimum Gasteiger partial charge on any atom is -0.444 e. The molecule has 1 aromatic carbocycles. The second kappa shape index (κ2) is 8.16. The van der Waals surface area contributed by atoms with Crippen LogP contribution in [0.2, 0.25) is 0 Å². The van der Waals surface area contributed by atoms with Gasteiger partial charge in [-0.25, -0.2) is 13.2 Å². The van der Waals surface area contributed by atoms with E-state index in [1.165, 1.54) is 4.90 Å². The van der Waals surface area contributed by atoms with E-state index in [0.717, 1.165) is 18.2 Å². The van der Waals surface area contributed by atoms with Crippen LogP contribution in [0.3, 0.4) is 0 Å². The van der Waals surface area contributed by atoms with Crippen molar-refractivity contribution >= 4 is 27.7 Å². The lowest BCUT2D eigenvalue weighted by Gasteiger charge is -2.28. The van der Waals surface area contributed by atoms with Crippen LogP contribution < -0.4 is 10.0 Å². The molecule has 2 amide bonds. The quantitative estimate of drug-likeness (QED) is 0.791. The van der Waals surface area contributed by atoms with Crippen molar-refractivity contribution in [1.29, 1.82) is 0 Å². The summed E-state index contributed by atoms with van der Waals surface area (Å²) in [5, 5.41) is 2.81. The molecule has 9 heteroatoms. The minimum atomic E-state index is -3.37. The zero-order chi connectivity index (χ0) is 20.2. The van der Waals surface area contributed by atoms with E-state index < -0.39 is 27.8 Å². The topological polar surface area (TPSA) is 105 Å². The monoisotopic (exact) mass is 397 g/mol. The summed E-state index contributed by atoms with van der Waals surface area (Å²) in [4.78, 5) is 26.3. The van der Waals surface area contributed by atoms with Gasteiger partial charge in [0.25, 0.3) is 0 Å². The van der Waals surface area contributed by atoms with Gasteiger partial charge in [-0.3, -0.25) is 14.4 Å². The Kier molecular flexibility index (Phi) is 6.35. The standard InChI is InChI=1S/C18H27N3O5S/c1-18(2,3)26-17(23)21-10-6-9-15(21)16(22)19-12-13-7-5-8-14(11-13)20-27(4,24)25/h5,7-8,11,15,20H,6,9-10,12H2,1-4H3,(H,19,22). The van der Waals surface area contributed by atoms with Crippen molar-refractivity contribution in [2.24, 2.45) is 0 Å². The SMILES string of the molecule is CC(C)(C)OC(=O)N1CCCC1C(=O)NCc1cccc(NS(C)(=O)=O)c1. The summed E-state index contributed by atoms with van der Waals surface area (Å²) < 4.78 is 30.4. The highest BCUT2D eigenvalue weighted by atomic mass is 32.2. The number of sulfonamides is 1. The molecule has 1 aliphatic rings. The number of amides is 2. The van der Waals surface area contributed by atoms with Crippen LogP contribution in [0, 0.1) is 0 Å². The zero-order valence-electron chi connectivity index (χ0n) is 16.1. The first-order chi connectivity index (χ1) is 12.4. The van der Waals surface area contributed by atoms with Gasteiger partial charge in [-0.15, -0.1) is 0 Å². The van der Waals surface area contributed by atoms with Crippen molar-refractivity contribution in [2.75, 3.05) is 17.5 Å². The summed E-state index contributed by atoms with van der Waals surface area (Å²) in [5.74, 6) is -0.250. The Hall–Kier alpha value is -2.29. The number of benzene rings is 1. The van der Waals surface area contributed by atoms with E-state index in [1.54, 1.807) is 45.0 Å². The largest absolute Gasteiger partial charge is 0.444 e. The fourth-order valence-electron chi connectivity index (χ4n) is 2.84. The molecule has 1 unspecified atom stereocenters. The summed E-state index contributed by atoms with van der Waals surface area (Å²) in [7, 11) is -3.37. The van der Waals surface area contributed by atoms with E-state index in [-0.39, 0.29) is 12.5 Å². The lowest BCUT2D eigenvalue weighted by Crippen LogP contribution is -2.47. The Labute approximate surface area is 160 Å². The van der Waals surface area contributed by atoms with Crippen LogP contribution in [-0.4, -0.2) is 49.8 Å². The average molecular weight is 397 g/mol. The maximum atomic E-state index is 12.5. The maximum Gasteiger partial charge on any atom is 0.410 e. The number of nitrogens with zero attached hydrogens (tertiary/aromatic N) is 1. The van der Waals surface area contributed by atoms with Crippen LogP contribution in [0.5, 0.6) is 0 Å². The van der Waals surface area contributed by atoms with Crippen LogP contribution in [-0.2, 0) is 26.1 Å². The third kappa shape index (κ3) is 6.74. The molecule has 27 heavy (non-hydrogen) atoms. The fraction of sp³-hybridized carbons (Fsp3) is 0.556. The van der Waals surface area contributed by atoms with E-state index in [4.69, 9.17) is 4.74 Å². The number of hydrogen-bond donors (Lipinski definition) is 2. The maximum absolute atomic E-state index is 12.5. The number of carbonyl (C=O) groups is 2. The van der Waals surface area contributed by atoms with Crippen LogP contribution in [0.4, 0.5) is 10.5 Å². The Morgan fingerprint density at radius 1 is 1.30 bits per heavy atom. The molecule has 1 aliphatic heterocycles. The molecule has 1 heterocycles. The van der Waals surface area contributed by atoms with Crippen molar-refractivity contribution in [3.05, 3.63) is 29.8 Å². The second-order valence-corrected chi connectivity index (χ2v) is 9.37. The third-order valence-electron chi connectivity index (χ3n) is 3.88. The molecule has 2 N–H and O–H groups in total. The summed E-state index contributed by atoms with van der Waals surface area (Å²) in [5.41, 5.74) is 0.563. The van der Waals surface area contributed by atoms with Crippen LogP contribution in [0.15, 0.2) is 24.3 Å². The van der Waals surface area contributed by atoms with Crippen LogP contribution >= 0.6 is 0 Å². The van der Waals surface area contributed by atoms with E-state index in [1.807, 2.05) is 0 Å². The number of rotatable bonds is 5. The molecule has 0 aliphatic carbocycles. The van der Waals surface area contributed by atoms with Gasteiger partial charge in [0.15, 0.2) is 0 Å². The number of carbonyl (C=O) groups excluding carboxylic acids is 2. The van der Waals surface area contributed by atoms with Gasteiger partial charge < -0.3 is 10.1 Å². The molecular formula is C18H27N3O5S. The molecule has 0 radical (unpaired) electrons. The van der Waals surface area contributed by atoms with Crippen molar-refractivity contribution in [3.63, 3.8) is 0 Å². The molecule has 0 aromatic heterocycles. The molecular weight excluding hydrogens is 370 g/mol. The second-order valence-electron chi connectivity index (χ2n) is 7.62. The molecule has 1 atom stereocenters. The predicted molar refractivity (Wildman–Crippen MR) is 103 cm³/mol. The Morgan fingerprint density at radius 3 is 2.63 bits per heavy atom. The molecule has 1 saturated heterocycles. The van der Waals surface area contributed by atoms with Gasteiger partial charge in [0.2, 0.25) is 15.9 Å². The van der Waals surface area contributed by atoms with Crippen molar-refractivity contribution in [2.45, 2.75) is 51.8 Å². The first-order valence-corrected chi connectivity index (χ1v) is 10.7. The van der Waals surface area contributed by atoms with Gasteiger partial charge >= 0.3 is 6.09 Å². The molecule has 8 nitrogen and oxygen atoms in total. The molecule has 0 bridgehead atoms.